The Labute approximate surface area is 77.9 Å². The predicted octanol–water partition coefficient (Wildman–Crippen LogP) is 2.19. The fourth-order valence-electron chi connectivity index (χ4n) is 1.06. The van der Waals surface area contributed by atoms with Gasteiger partial charge in [-0.05, 0) is 11.6 Å². The van der Waals surface area contributed by atoms with Crippen molar-refractivity contribution in [1.82, 2.24) is 0 Å². The number of nitrogens with one attached hydrogen (secondary N) is 1. The van der Waals surface area contributed by atoms with Gasteiger partial charge in [0.15, 0.2) is 0 Å². The van der Waals surface area contributed by atoms with Crippen molar-refractivity contribution in [2.45, 2.75) is 0 Å². The van der Waals surface area contributed by atoms with E-state index in [1.165, 1.54) is 6.21 Å². The lowest BCUT2D eigenvalue weighted by atomic mass is 10.1. The molecule has 0 atom stereocenters. The molecule has 3 N–H and O–H groups in total. The van der Waals surface area contributed by atoms with Gasteiger partial charge in [-0.15, -0.1) is 0 Å². The van der Waals surface area contributed by atoms with Crippen molar-refractivity contribution in [2.24, 2.45) is 5.73 Å². The number of nitrogens with two attached hydrogens (primary N) is 1. The molecule has 2 heteroatoms. The molecule has 2 nitrogen and oxygen atoms in total. The van der Waals surface area contributed by atoms with Gasteiger partial charge in [0.2, 0.25) is 0 Å². The van der Waals surface area contributed by atoms with E-state index in [9.17, 15) is 0 Å². The molecule has 0 unspecified atom stereocenters. The molecule has 0 amide bonds. The zero-order valence-electron chi connectivity index (χ0n) is 7.33. The van der Waals surface area contributed by atoms with E-state index >= 15 is 0 Å². The molecular weight excluding hydrogens is 160 g/mol. The maximum absolute atomic E-state index is 7.22. The lowest BCUT2D eigenvalue weighted by molar-refractivity contribution is 1.43. The van der Waals surface area contributed by atoms with Gasteiger partial charge in [-0.2, -0.15) is 0 Å². The van der Waals surface area contributed by atoms with E-state index in [-0.39, 0.29) is 0 Å². The summed E-state index contributed by atoms with van der Waals surface area (Å²) in [5.41, 5.74) is 7.84. The van der Waals surface area contributed by atoms with Crippen LogP contribution < -0.4 is 5.73 Å². The molecule has 1 aromatic carbocycles. The summed E-state index contributed by atoms with van der Waals surface area (Å²) in [5.74, 6) is 0. The first-order valence-corrected chi connectivity index (χ1v) is 3.97. The standard InChI is InChI=1S/C11H12N2/c1-2-11(13)10(8-12)9-6-4-3-5-7-9/h2-8,12H,1,13H2/b11-10+,12-8?. The van der Waals surface area contributed by atoms with E-state index in [4.69, 9.17) is 11.1 Å². The van der Waals surface area contributed by atoms with Gasteiger partial charge < -0.3 is 11.1 Å². The zero-order valence-corrected chi connectivity index (χ0v) is 7.33. The van der Waals surface area contributed by atoms with E-state index in [1.54, 1.807) is 6.08 Å². The van der Waals surface area contributed by atoms with Crippen molar-refractivity contribution in [1.29, 1.82) is 5.41 Å². The van der Waals surface area contributed by atoms with Gasteiger partial charge in [0.25, 0.3) is 0 Å². The van der Waals surface area contributed by atoms with Crippen LogP contribution in [0.3, 0.4) is 0 Å². The second kappa shape index (κ2) is 4.26. The van der Waals surface area contributed by atoms with E-state index < -0.39 is 0 Å². The molecule has 66 valence electrons. The number of allylic oxidation sites excluding steroid dienone is 2. The summed E-state index contributed by atoms with van der Waals surface area (Å²) in [7, 11) is 0. The molecule has 0 radical (unpaired) electrons. The molecule has 0 aliphatic rings. The van der Waals surface area contributed by atoms with E-state index in [1.807, 2.05) is 30.3 Å². The SMILES string of the molecule is C=C/C(N)=C(/C=N)c1ccccc1. The summed E-state index contributed by atoms with van der Waals surface area (Å²) in [6.45, 7) is 3.57. The van der Waals surface area contributed by atoms with Crippen LogP contribution in [0.1, 0.15) is 5.56 Å². The van der Waals surface area contributed by atoms with E-state index in [0.29, 0.717) is 11.3 Å². The fraction of sp³-hybridized carbons (Fsp3) is 0. The van der Waals surface area contributed by atoms with Crippen LogP contribution in [0.2, 0.25) is 0 Å². The third kappa shape index (κ3) is 2.06. The zero-order chi connectivity index (χ0) is 9.68. The van der Waals surface area contributed by atoms with Crippen molar-refractivity contribution < 1.29 is 0 Å². The van der Waals surface area contributed by atoms with Crippen molar-refractivity contribution in [2.75, 3.05) is 0 Å². The van der Waals surface area contributed by atoms with Crippen molar-refractivity contribution in [3.8, 4) is 0 Å². The monoisotopic (exact) mass is 172 g/mol. The van der Waals surface area contributed by atoms with Gasteiger partial charge in [0, 0.05) is 17.5 Å². The molecule has 0 spiro atoms. The highest BCUT2D eigenvalue weighted by molar-refractivity contribution is 6.09. The molecule has 0 aromatic heterocycles. The summed E-state index contributed by atoms with van der Waals surface area (Å²) in [6.07, 6.45) is 2.79. The van der Waals surface area contributed by atoms with Gasteiger partial charge in [0.1, 0.15) is 0 Å². The van der Waals surface area contributed by atoms with Crippen LogP contribution in [-0.2, 0) is 0 Å². The number of benzene rings is 1. The Morgan fingerprint density at radius 1 is 1.31 bits per heavy atom. The molecule has 0 heterocycles. The van der Waals surface area contributed by atoms with Gasteiger partial charge in [-0.25, -0.2) is 0 Å². The highest BCUT2D eigenvalue weighted by atomic mass is 14.6. The molecule has 13 heavy (non-hydrogen) atoms. The molecule has 0 saturated carbocycles. The smallest absolute Gasteiger partial charge is 0.0403 e. The normalized spacial score (nSPS) is 11.7. The number of hydrogen-bond acceptors (Lipinski definition) is 2. The molecule has 0 bridgehead atoms. The third-order valence-corrected chi connectivity index (χ3v) is 1.76. The van der Waals surface area contributed by atoms with Gasteiger partial charge in [0.05, 0.1) is 0 Å². The quantitative estimate of drug-likeness (QED) is 0.533. The highest BCUT2D eigenvalue weighted by Gasteiger charge is 1.99. The minimum Gasteiger partial charge on any atom is -0.398 e. The first-order valence-electron chi connectivity index (χ1n) is 3.97. The first kappa shape index (κ1) is 9.26. The molecule has 0 saturated heterocycles. The molecule has 0 aliphatic heterocycles. The van der Waals surface area contributed by atoms with Crippen molar-refractivity contribution in [3.05, 3.63) is 54.2 Å². The van der Waals surface area contributed by atoms with E-state index in [0.717, 1.165) is 5.56 Å². The fourth-order valence-corrected chi connectivity index (χ4v) is 1.06. The average Bonchev–Trinajstić information content (AvgIpc) is 2.20. The molecule has 0 fully saturated rings. The van der Waals surface area contributed by atoms with Crippen LogP contribution in [0.4, 0.5) is 0 Å². The summed E-state index contributed by atoms with van der Waals surface area (Å²) in [4.78, 5) is 0. The maximum atomic E-state index is 7.22. The van der Waals surface area contributed by atoms with Crippen molar-refractivity contribution in [3.63, 3.8) is 0 Å². The lowest BCUT2D eigenvalue weighted by Crippen LogP contribution is -1.99. The highest BCUT2D eigenvalue weighted by Crippen LogP contribution is 2.13. The molecule has 1 rings (SSSR count). The first-order chi connectivity index (χ1) is 6.29. The van der Waals surface area contributed by atoms with Crippen LogP contribution in [0.15, 0.2) is 48.7 Å². The van der Waals surface area contributed by atoms with Crippen LogP contribution >= 0.6 is 0 Å². The average molecular weight is 172 g/mol. The van der Waals surface area contributed by atoms with Gasteiger partial charge in [-0.3, -0.25) is 0 Å². The Kier molecular flexibility index (Phi) is 3.03. The largest absolute Gasteiger partial charge is 0.398 e. The van der Waals surface area contributed by atoms with Crippen LogP contribution in [0.5, 0.6) is 0 Å². The third-order valence-electron chi connectivity index (χ3n) is 1.76. The molecule has 0 aliphatic carbocycles. The lowest BCUT2D eigenvalue weighted by Gasteiger charge is -2.03. The Bertz CT molecular complexity index is 336. The molecule has 1 aromatic rings. The Hall–Kier alpha value is -1.83. The predicted molar refractivity (Wildman–Crippen MR) is 56.5 cm³/mol. The Morgan fingerprint density at radius 3 is 2.38 bits per heavy atom. The van der Waals surface area contributed by atoms with Crippen LogP contribution in [-0.4, -0.2) is 6.21 Å². The summed E-state index contributed by atoms with van der Waals surface area (Å²) < 4.78 is 0. The van der Waals surface area contributed by atoms with E-state index in [2.05, 4.69) is 6.58 Å². The maximum Gasteiger partial charge on any atom is 0.0403 e. The van der Waals surface area contributed by atoms with Gasteiger partial charge >= 0.3 is 0 Å². The minimum absolute atomic E-state index is 0.529. The number of rotatable bonds is 3. The Morgan fingerprint density at radius 2 is 1.92 bits per heavy atom. The topological polar surface area (TPSA) is 49.9 Å². The summed E-state index contributed by atoms with van der Waals surface area (Å²) in [6, 6.07) is 9.58. The second-order valence-corrected chi connectivity index (χ2v) is 2.58. The Balaban J connectivity index is 3.20. The van der Waals surface area contributed by atoms with Gasteiger partial charge in [-0.1, -0.05) is 36.9 Å². The van der Waals surface area contributed by atoms with Crippen molar-refractivity contribution >= 4 is 11.8 Å². The number of hydrogen-bond donors (Lipinski definition) is 2. The van der Waals surface area contributed by atoms with Crippen LogP contribution in [0, 0.1) is 5.41 Å². The summed E-state index contributed by atoms with van der Waals surface area (Å²) in [5, 5.41) is 7.22. The summed E-state index contributed by atoms with van der Waals surface area (Å²) >= 11 is 0. The van der Waals surface area contributed by atoms with Crippen LogP contribution in [0.25, 0.3) is 5.57 Å². The minimum atomic E-state index is 0.529. The second-order valence-electron chi connectivity index (χ2n) is 2.58. The molecular formula is C11H12N2.